The maximum atomic E-state index is 12.7. The number of hydrogen-bond acceptors (Lipinski definition) is 5. The van der Waals surface area contributed by atoms with Crippen LogP contribution in [0.3, 0.4) is 0 Å². The highest BCUT2D eigenvalue weighted by atomic mass is 16.5. The van der Waals surface area contributed by atoms with Crippen LogP contribution in [0.25, 0.3) is 16.7 Å². The summed E-state index contributed by atoms with van der Waals surface area (Å²) >= 11 is 0. The third-order valence-corrected chi connectivity index (χ3v) is 6.40. The molecule has 0 saturated carbocycles. The summed E-state index contributed by atoms with van der Waals surface area (Å²) in [7, 11) is 3.45. The third kappa shape index (κ3) is 3.49. The standard InChI is InChI=1S/C24H27N5O2/c1-27-23(30)19-8-5-6-10-21(19)29-22(25-26-24(27)29)16-28-15-7-3-4-9-20(28)17-11-13-18(31-2)14-12-17/h5-6,8,10-14,20H,3-4,7,9,15-16H2,1-2H3. The molecule has 2 aromatic carbocycles. The average molecular weight is 418 g/mol. The number of hydrogen-bond donors (Lipinski definition) is 0. The Bertz CT molecular complexity index is 1280. The van der Waals surface area contributed by atoms with Crippen LogP contribution in [0.4, 0.5) is 0 Å². The van der Waals surface area contributed by atoms with Crippen molar-refractivity contribution >= 4 is 16.7 Å². The molecule has 0 aliphatic carbocycles. The predicted octanol–water partition coefficient (Wildman–Crippen LogP) is 3.71. The highest BCUT2D eigenvalue weighted by Gasteiger charge is 2.25. The van der Waals surface area contributed by atoms with Crippen molar-refractivity contribution in [3.63, 3.8) is 0 Å². The Morgan fingerprint density at radius 2 is 1.84 bits per heavy atom. The number of likely N-dealkylation sites (tertiary alicyclic amines) is 1. The van der Waals surface area contributed by atoms with Crippen LogP contribution in [0.15, 0.2) is 53.3 Å². The first-order chi connectivity index (χ1) is 15.2. The van der Waals surface area contributed by atoms with E-state index in [2.05, 4.69) is 27.2 Å². The van der Waals surface area contributed by atoms with Crippen LogP contribution >= 0.6 is 0 Å². The Hall–Kier alpha value is -3.19. The van der Waals surface area contributed by atoms with Crippen LogP contribution in [0.1, 0.15) is 43.1 Å². The fourth-order valence-electron chi connectivity index (χ4n) is 4.74. The van der Waals surface area contributed by atoms with Gasteiger partial charge in [-0.25, -0.2) is 0 Å². The molecular formula is C24H27N5O2. The lowest BCUT2D eigenvalue weighted by molar-refractivity contribution is 0.187. The molecule has 5 rings (SSSR count). The fraction of sp³-hybridized carbons (Fsp3) is 0.375. The number of para-hydroxylation sites is 1. The van der Waals surface area contributed by atoms with Crippen molar-refractivity contribution < 1.29 is 4.74 Å². The van der Waals surface area contributed by atoms with Crippen LogP contribution in [0.2, 0.25) is 0 Å². The zero-order valence-electron chi connectivity index (χ0n) is 18.0. The SMILES string of the molecule is COc1ccc(C2CCCCCN2Cc2nnc3n(C)c(=O)c4ccccc4n23)cc1. The molecular weight excluding hydrogens is 390 g/mol. The molecule has 0 amide bonds. The summed E-state index contributed by atoms with van der Waals surface area (Å²) in [5, 5.41) is 9.57. The maximum absolute atomic E-state index is 12.7. The lowest BCUT2D eigenvalue weighted by Gasteiger charge is -2.29. The van der Waals surface area contributed by atoms with Gasteiger partial charge in [-0.2, -0.15) is 0 Å². The lowest BCUT2D eigenvalue weighted by Crippen LogP contribution is -2.29. The Morgan fingerprint density at radius 1 is 1.03 bits per heavy atom. The minimum absolute atomic E-state index is 0.0482. The second-order valence-corrected chi connectivity index (χ2v) is 8.24. The first-order valence-electron chi connectivity index (χ1n) is 10.9. The molecule has 4 aromatic rings. The number of rotatable bonds is 4. The smallest absolute Gasteiger partial charge is 0.262 e. The normalized spacial score (nSPS) is 17.8. The van der Waals surface area contributed by atoms with Gasteiger partial charge in [0.1, 0.15) is 5.75 Å². The van der Waals surface area contributed by atoms with Gasteiger partial charge in [0.05, 0.1) is 24.6 Å². The summed E-state index contributed by atoms with van der Waals surface area (Å²) < 4.78 is 8.96. The van der Waals surface area contributed by atoms with Crippen molar-refractivity contribution in [2.24, 2.45) is 7.05 Å². The molecule has 1 saturated heterocycles. The summed E-state index contributed by atoms with van der Waals surface area (Å²) in [5.41, 5.74) is 2.11. The van der Waals surface area contributed by atoms with E-state index < -0.39 is 0 Å². The van der Waals surface area contributed by atoms with E-state index in [0.717, 1.165) is 30.1 Å². The van der Waals surface area contributed by atoms with Gasteiger partial charge in [0.25, 0.3) is 5.56 Å². The molecule has 0 radical (unpaired) electrons. The average Bonchev–Trinajstić information content (AvgIpc) is 3.09. The van der Waals surface area contributed by atoms with Gasteiger partial charge < -0.3 is 4.74 Å². The van der Waals surface area contributed by atoms with E-state index in [1.165, 1.54) is 24.8 Å². The topological polar surface area (TPSA) is 64.7 Å². The van der Waals surface area contributed by atoms with E-state index in [1.807, 2.05) is 40.8 Å². The van der Waals surface area contributed by atoms with Crippen LogP contribution in [-0.4, -0.2) is 37.7 Å². The molecule has 3 heterocycles. The van der Waals surface area contributed by atoms with Gasteiger partial charge in [-0.1, -0.05) is 37.1 Å². The van der Waals surface area contributed by atoms with Crippen molar-refractivity contribution in [3.05, 3.63) is 70.3 Å². The van der Waals surface area contributed by atoms with E-state index in [-0.39, 0.29) is 5.56 Å². The van der Waals surface area contributed by atoms with Crippen molar-refractivity contribution in [2.75, 3.05) is 13.7 Å². The molecule has 31 heavy (non-hydrogen) atoms. The van der Waals surface area contributed by atoms with Crippen molar-refractivity contribution in [1.29, 1.82) is 0 Å². The lowest BCUT2D eigenvalue weighted by atomic mass is 10.0. The van der Waals surface area contributed by atoms with Gasteiger partial charge in [0.15, 0.2) is 5.82 Å². The number of nitrogens with zero attached hydrogens (tertiary/aromatic N) is 5. The molecule has 1 fully saturated rings. The molecule has 160 valence electrons. The Kier molecular flexibility index (Phi) is 5.19. The highest BCUT2D eigenvalue weighted by molar-refractivity contribution is 5.80. The molecule has 1 aliphatic rings. The van der Waals surface area contributed by atoms with Crippen molar-refractivity contribution in [2.45, 2.75) is 38.3 Å². The molecule has 7 heteroatoms. The van der Waals surface area contributed by atoms with E-state index in [4.69, 9.17) is 4.74 Å². The molecule has 7 nitrogen and oxygen atoms in total. The van der Waals surface area contributed by atoms with Crippen LogP contribution < -0.4 is 10.3 Å². The van der Waals surface area contributed by atoms with Crippen molar-refractivity contribution in [1.82, 2.24) is 24.1 Å². The van der Waals surface area contributed by atoms with E-state index >= 15 is 0 Å². The summed E-state index contributed by atoms with van der Waals surface area (Å²) in [4.78, 5) is 15.2. The number of fused-ring (bicyclic) bond motifs is 3. The maximum Gasteiger partial charge on any atom is 0.262 e. The fourth-order valence-corrected chi connectivity index (χ4v) is 4.74. The number of benzene rings is 2. The van der Waals surface area contributed by atoms with E-state index in [1.54, 1.807) is 18.7 Å². The first-order valence-corrected chi connectivity index (χ1v) is 10.9. The number of ether oxygens (including phenoxy) is 1. The van der Waals surface area contributed by atoms with Crippen molar-refractivity contribution in [3.8, 4) is 5.75 Å². The number of aromatic nitrogens is 4. The monoisotopic (exact) mass is 417 g/mol. The van der Waals surface area contributed by atoms with Gasteiger partial charge in [-0.3, -0.25) is 18.7 Å². The summed E-state index contributed by atoms with van der Waals surface area (Å²) in [6, 6.07) is 16.4. The van der Waals surface area contributed by atoms with E-state index in [0.29, 0.717) is 23.8 Å². The zero-order valence-corrected chi connectivity index (χ0v) is 18.0. The third-order valence-electron chi connectivity index (χ3n) is 6.40. The molecule has 1 atom stereocenters. The molecule has 1 aliphatic heterocycles. The molecule has 2 aromatic heterocycles. The van der Waals surface area contributed by atoms with Crippen LogP contribution in [0, 0.1) is 0 Å². The first kappa shape index (κ1) is 19.8. The largest absolute Gasteiger partial charge is 0.497 e. The predicted molar refractivity (Wildman–Crippen MR) is 120 cm³/mol. The summed E-state index contributed by atoms with van der Waals surface area (Å²) in [5.74, 6) is 2.32. The second kappa shape index (κ2) is 8.15. The molecule has 0 spiro atoms. The quantitative estimate of drug-likeness (QED) is 0.507. The summed E-state index contributed by atoms with van der Waals surface area (Å²) in [6.07, 6.45) is 4.73. The second-order valence-electron chi connectivity index (χ2n) is 8.24. The Morgan fingerprint density at radius 3 is 2.65 bits per heavy atom. The van der Waals surface area contributed by atoms with Gasteiger partial charge in [-0.05, 0) is 49.2 Å². The Balaban J connectivity index is 1.57. The van der Waals surface area contributed by atoms with Crippen LogP contribution in [-0.2, 0) is 13.6 Å². The van der Waals surface area contributed by atoms with E-state index in [9.17, 15) is 4.79 Å². The number of aryl methyl sites for hydroxylation is 1. The number of methoxy groups -OCH3 is 1. The minimum atomic E-state index is -0.0482. The van der Waals surface area contributed by atoms with Gasteiger partial charge in [0, 0.05) is 13.1 Å². The zero-order chi connectivity index (χ0) is 21.4. The summed E-state index contributed by atoms with van der Waals surface area (Å²) in [6.45, 7) is 1.69. The van der Waals surface area contributed by atoms with Gasteiger partial charge in [-0.15, -0.1) is 10.2 Å². The van der Waals surface area contributed by atoms with Crippen LogP contribution in [0.5, 0.6) is 5.75 Å². The molecule has 0 bridgehead atoms. The van der Waals surface area contributed by atoms with Gasteiger partial charge in [0.2, 0.25) is 5.78 Å². The van der Waals surface area contributed by atoms with Gasteiger partial charge >= 0.3 is 0 Å². The molecule has 1 unspecified atom stereocenters. The Labute approximate surface area is 180 Å². The highest BCUT2D eigenvalue weighted by Crippen LogP contribution is 2.32. The minimum Gasteiger partial charge on any atom is -0.497 e. The molecule has 0 N–H and O–H groups in total.